The Kier molecular flexibility index (Phi) is 5.24. The van der Waals surface area contributed by atoms with Crippen molar-refractivity contribution in [2.24, 2.45) is 0 Å². The van der Waals surface area contributed by atoms with Crippen LogP contribution in [0.2, 0.25) is 0 Å². The Morgan fingerprint density at radius 1 is 1.06 bits per heavy atom. The molecule has 0 spiro atoms. The van der Waals surface area contributed by atoms with Crippen LogP contribution in [-0.4, -0.2) is 57.1 Å². The van der Waals surface area contributed by atoms with Crippen LogP contribution in [0, 0.1) is 6.92 Å². The molecule has 2 aliphatic rings. The van der Waals surface area contributed by atoms with E-state index in [4.69, 9.17) is 9.84 Å². The van der Waals surface area contributed by atoms with Crippen molar-refractivity contribution >= 4 is 29.0 Å². The van der Waals surface area contributed by atoms with Crippen molar-refractivity contribution in [3.05, 3.63) is 64.8 Å². The molecular weight excluding hydrogens is 454 g/mol. The molecule has 4 heterocycles. The van der Waals surface area contributed by atoms with Crippen molar-refractivity contribution in [1.82, 2.24) is 24.9 Å². The average molecular weight is 476 g/mol. The number of nitrogens with zero attached hydrogens (tertiary/aromatic N) is 5. The largest absolute Gasteiger partial charge is 0.378 e. The van der Waals surface area contributed by atoms with E-state index >= 15 is 0 Å². The maximum atomic E-state index is 13.5. The Morgan fingerprint density at radius 3 is 2.73 bits per heavy atom. The number of hydrogen-bond donors (Lipinski definition) is 0. The second kappa shape index (κ2) is 8.40. The van der Waals surface area contributed by atoms with Gasteiger partial charge in [0.05, 0.1) is 24.6 Å². The van der Waals surface area contributed by atoms with Gasteiger partial charge < -0.3 is 9.64 Å². The Hall–Kier alpha value is -3.01. The Balaban J connectivity index is 1.51. The van der Waals surface area contributed by atoms with Gasteiger partial charge in [-0.3, -0.25) is 4.79 Å². The molecular formula is C24H21N5O2S2. The molecule has 0 N–H and O–H groups in total. The van der Waals surface area contributed by atoms with Gasteiger partial charge in [-0.25, -0.2) is 4.68 Å². The molecule has 1 saturated heterocycles. The van der Waals surface area contributed by atoms with Crippen LogP contribution in [-0.2, 0) is 10.5 Å². The van der Waals surface area contributed by atoms with E-state index < -0.39 is 0 Å². The van der Waals surface area contributed by atoms with Gasteiger partial charge in [0.25, 0.3) is 5.91 Å². The maximum Gasteiger partial charge on any atom is 0.274 e. The van der Waals surface area contributed by atoms with Crippen molar-refractivity contribution in [2.75, 3.05) is 26.3 Å². The molecule has 0 radical (unpaired) electrons. The first kappa shape index (κ1) is 20.6. The van der Waals surface area contributed by atoms with Gasteiger partial charge in [0.15, 0.2) is 5.69 Å². The molecule has 33 heavy (non-hydrogen) atoms. The van der Waals surface area contributed by atoms with E-state index in [1.807, 2.05) is 40.8 Å². The van der Waals surface area contributed by atoms with Crippen LogP contribution >= 0.6 is 23.1 Å². The van der Waals surface area contributed by atoms with Crippen LogP contribution in [0.3, 0.4) is 0 Å². The van der Waals surface area contributed by atoms with Gasteiger partial charge in [0.1, 0.15) is 10.0 Å². The summed E-state index contributed by atoms with van der Waals surface area (Å²) < 4.78 is 7.37. The van der Waals surface area contributed by atoms with Crippen molar-refractivity contribution in [1.29, 1.82) is 0 Å². The van der Waals surface area contributed by atoms with Crippen LogP contribution in [0.25, 0.3) is 27.5 Å². The molecule has 1 fully saturated rings. The predicted octanol–water partition coefficient (Wildman–Crippen LogP) is 4.44. The molecule has 0 saturated carbocycles. The number of thioether (sulfide) groups is 1. The van der Waals surface area contributed by atoms with Crippen LogP contribution in [0.4, 0.5) is 0 Å². The zero-order valence-corrected chi connectivity index (χ0v) is 19.7. The van der Waals surface area contributed by atoms with Crippen LogP contribution in [0.1, 0.15) is 21.1 Å². The summed E-state index contributed by atoms with van der Waals surface area (Å²) in [6, 6.07) is 16.5. The van der Waals surface area contributed by atoms with Crippen molar-refractivity contribution in [3.8, 4) is 27.5 Å². The first-order chi connectivity index (χ1) is 16.2. The average Bonchev–Trinajstić information content (AvgIpc) is 3.48. The van der Waals surface area contributed by atoms with E-state index in [-0.39, 0.29) is 5.91 Å². The number of ether oxygens (including phenoxy) is 1. The highest BCUT2D eigenvalue weighted by Crippen LogP contribution is 2.44. The highest BCUT2D eigenvalue weighted by molar-refractivity contribution is 7.98. The van der Waals surface area contributed by atoms with Gasteiger partial charge in [-0.1, -0.05) is 41.7 Å². The fourth-order valence-electron chi connectivity index (χ4n) is 4.26. The van der Waals surface area contributed by atoms with Gasteiger partial charge in [-0.2, -0.15) is 5.10 Å². The minimum Gasteiger partial charge on any atom is -0.378 e. The number of aromatic nitrogens is 4. The van der Waals surface area contributed by atoms with Gasteiger partial charge in [0.2, 0.25) is 0 Å². The van der Waals surface area contributed by atoms with E-state index in [1.165, 1.54) is 4.90 Å². The molecule has 6 rings (SSSR count). The van der Waals surface area contributed by atoms with E-state index in [1.54, 1.807) is 23.1 Å². The maximum absolute atomic E-state index is 13.5. The Morgan fingerprint density at radius 2 is 1.91 bits per heavy atom. The van der Waals surface area contributed by atoms with Crippen LogP contribution < -0.4 is 0 Å². The third kappa shape index (κ3) is 3.66. The minimum absolute atomic E-state index is 0.0239. The smallest absolute Gasteiger partial charge is 0.274 e. The van der Waals surface area contributed by atoms with Crippen molar-refractivity contribution in [3.63, 3.8) is 0 Å². The second-order valence-electron chi connectivity index (χ2n) is 7.95. The zero-order chi connectivity index (χ0) is 22.4. The highest BCUT2D eigenvalue weighted by Gasteiger charge is 2.32. The summed E-state index contributed by atoms with van der Waals surface area (Å²) in [7, 11) is 0. The molecule has 0 aliphatic carbocycles. The number of carbonyl (C=O) groups is 1. The third-order valence-electron chi connectivity index (χ3n) is 5.86. The molecule has 2 aromatic heterocycles. The first-order valence-corrected chi connectivity index (χ1v) is 12.6. The topological polar surface area (TPSA) is 73.1 Å². The van der Waals surface area contributed by atoms with Gasteiger partial charge >= 0.3 is 0 Å². The normalized spacial score (nSPS) is 15.2. The fourth-order valence-corrected chi connectivity index (χ4v) is 6.02. The highest BCUT2D eigenvalue weighted by atomic mass is 32.2. The number of amides is 1. The first-order valence-electron chi connectivity index (χ1n) is 10.8. The quantitative estimate of drug-likeness (QED) is 0.436. The second-order valence-corrected chi connectivity index (χ2v) is 10.2. The summed E-state index contributed by atoms with van der Waals surface area (Å²) in [5.74, 6) is 0.691. The number of morpholine rings is 1. The van der Waals surface area contributed by atoms with Crippen LogP contribution in [0.5, 0.6) is 0 Å². The van der Waals surface area contributed by atoms with Crippen LogP contribution in [0.15, 0.2) is 53.4 Å². The van der Waals surface area contributed by atoms with E-state index in [0.29, 0.717) is 37.8 Å². The summed E-state index contributed by atoms with van der Waals surface area (Å²) in [5, 5.41) is 15.2. The van der Waals surface area contributed by atoms with E-state index in [2.05, 4.69) is 34.5 Å². The number of fused-ring (bicyclic) bond motifs is 3. The molecule has 1 amide bonds. The number of aryl methyl sites for hydroxylation is 1. The molecule has 9 heteroatoms. The van der Waals surface area contributed by atoms with Gasteiger partial charge in [0, 0.05) is 40.4 Å². The lowest BCUT2D eigenvalue weighted by Gasteiger charge is -2.26. The lowest BCUT2D eigenvalue weighted by molar-refractivity contribution is 0.0298. The Labute approximate surface area is 199 Å². The standard InChI is InChI=1S/C24H21N5O2S2/c1-15-25-26-23(33-15)16-5-4-6-17(13-16)29-22-18-7-2-3-8-20(18)32-14-19(22)21(27-29)24(30)28-9-11-31-12-10-28/h2-8,13H,9-12,14H2,1H3. The number of benzene rings is 2. The molecule has 4 aromatic rings. The lowest BCUT2D eigenvalue weighted by Crippen LogP contribution is -2.41. The molecule has 166 valence electrons. The summed E-state index contributed by atoms with van der Waals surface area (Å²) in [5.41, 5.74) is 5.51. The molecule has 2 aromatic carbocycles. The lowest BCUT2D eigenvalue weighted by atomic mass is 10.0. The van der Waals surface area contributed by atoms with Gasteiger partial charge in [-0.05, 0) is 25.1 Å². The molecule has 0 atom stereocenters. The van der Waals surface area contributed by atoms with Crippen molar-refractivity contribution < 1.29 is 9.53 Å². The molecule has 0 bridgehead atoms. The molecule has 0 unspecified atom stereocenters. The summed E-state index contributed by atoms with van der Waals surface area (Å²) in [4.78, 5) is 16.5. The van der Waals surface area contributed by atoms with E-state index in [0.717, 1.165) is 38.1 Å². The van der Waals surface area contributed by atoms with Gasteiger partial charge in [-0.15, -0.1) is 22.0 Å². The monoisotopic (exact) mass is 475 g/mol. The number of carbonyl (C=O) groups excluding carboxylic acids is 1. The Bertz CT molecular complexity index is 1360. The third-order valence-corrected chi connectivity index (χ3v) is 7.85. The minimum atomic E-state index is -0.0239. The summed E-state index contributed by atoms with van der Waals surface area (Å²) in [6.07, 6.45) is 0. The molecule has 2 aliphatic heterocycles. The number of hydrogen-bond acceptors (Lipinski definition) is 7. The predicted molar refractivity (Wildman–Crippen MR) is 129 cm³/mol. The fraction of sp³-hybridized carbons (Fsp3) is 0.250. The number of rotatable bonds is 3. The van der Waals surface area contributed by atoms with Crippen molar-refractivity contribution in [2.45, 2.75) is 17.6 Å². The summed E-state index contributed by atoms with van der Waals surface area (Å²) in [6.45, 7) is 4.27. The molecule has 7 nitrogen and oxygen atoms in total. The van der Waals surface area contributed by atoms with E-state index in [9.17, 15) is 4.79 Å². The zero-order valence-electron chi connectivity index (χ0n) is 18.0. The summed E-state index contributed by atoms with van der Waals surface area (Å²) >= 11 is 3.32. The SMILES string of the molecule is Cc1nnc(-c2cccc(-n3nc(C(=O)N4CCOCC4)c4c3-c3ccccc3SC4)c2)s1.